The Morgan fingerprint density at radius 3 is 2.79 bits per heavy atom. The molecule has 1 unspecified atom stereocenters. The second kappa shape index (κ2) is 8.31. The van der Waals surface area contributed by atoms with Gasteiger partial charge in [0.2, 0.25) is 0 Å². The third-order valence-corrected chi connectivity index (χ3v) is 5.67. The highest BCUT2D eigenvalue weighted by Crippen LogP contribution is 2.24. The lowest BCUT2D eigenvalue weighted by Crippen LogP contribution is -2.48. The molecular formula is C21H25FN2O3S. The van der Waals surface area contributed by atoms with Gasteiger partial charge >= 0.3 is 0 Å². The monoisotopic (exact) mass is 404 g/mol. The Balaban J connectivity index is 1.69. The quantitative estimate of drug-likeness (QED) is 0.832. The fourth-order valence-corrected chi connectivity index (χ4v) is 4.34. The largest absolute Gasteiger partial charge is 0.367 e. The van der Waals surface area contributed by atoms with Gasteiger partial charge in [-0.05, 0) is 55.2 Å². The van der Waals surface area contributed by atoms with Crippen LogP contribution in [0.4, 0.5) is 10.1 Å². The van der Waals surface area contributed by atoms with Gasteiger partial charge in [-0.1, -0.05) is 18.2 Å². The molecule has 5 nitrogen and oxygen atoms in total. The molecule has 2 aromatic rings. The van der Waals surface area contributed by atoms with E-state index < -0.39 is 9.84 Å². The molecule has 1 N–H and O–H groups in total. The molecule has 2 aromatic carbocycles. The number of amides is 1. The lowest BCUT2D eigenvalue weighted by Gasteiger charge is -2.35. The van der Waals surface area contributed by atoms with Crippen molar-refractivity contribution < 1.29 is 17.6 Å². The molecule has 1 atom stereocenters. The third-order valence-electron chi connectivity index (χ3n) is 4.82. The maximum atomic E-state index is 14.2. The van der Waals surface area contributed by atoms with E-state index in [1.807, 2.05) is 17.9 Å². The molecule has 1 aliphatic heterocycles. The van der Waals surface area contributed by atoms with E-state index in [0.717, 1.165) is 24.9 Å². The Labute approximate surface area is 165 Å². The van der Waals surface area contributed by atoms with Crippen molar-refractivity contribution in [3.05, 3.63) is 65.0 Å². The summed E-state index contributed by atoms with van der Waals surface area (Å²) < 4.78 is 37.2. The number of piperidine rings is 1. The molecule has 0 aromatic heterocycles. The van der Waals surface area contributed by atoms with E-state index in [1.165, 1.54) is 12.3 Å². The zero-order valence-electron chi connectivity index (χ0n) is 16.1. The topological polar surface area (TPSA) is 66.5 Å². The van der Waals surface area contributed by atoms with Gasteiger partial charge in [0.25, 0.3) is 5.91 Å². The van der Waals surface area contributed by atoms with Gasteiger partial charge in [-0.25, -0.2) is 12.8 Å². The van der Waals surface area contributed by atoms with Gasteiger partial charge in [0.05, 0.1) is 11.4 Å². The molecule has 0 radical (unpaired) electrons. The number of sulfone groups is 1. The zero-order valence-corrected chi connectivity index (χ0v) is 16.9. The first-order valence-corrected chi connectivity index (χ1v) is 11.4. The first-order valence-electron chi connectivity index (χ1n) is 9.30. The van der Waals surface area contributed by atoms with Crippen LogP contribution in [0.15, 0.2) is 42.5 Å². The Morgan fingerprint density at radius 1 is 1.25 bits per heavy atom. The summed E-state index contributed by atoms with van der Waals surface area (Å²) in [5.74, 6) is -0.601. The number of nitrogens with zero attached hydrogens (tertiary/aromatic N) is 1. The van der Waals surface area contributed by atoms with Crippen LogP contribution in [-0.4, -0.2) is 39.7 Å². The summed E-state index contributed by atoms with van der Waals surface area (Å²) in [6.07, 6.45) is 2.84. The maximum absolute atomic E-state index is 14.2. The van der Waals surface area contributed by atoms with Gasteiger partial charge in [0.15, 0.2) is 9.84 Å². The van der Waals surface area contributed by atoms with Crippen molar-refractivity contribution in [1.29, 1.82) is 0 Å². The van der Waals surface area contributed by atoms with Crippen molar-refractivity contribution in [2.45, 2.75) is 31.6 Å². The molecule has 3 rings (SSSR count). The second-order valence-corrected chi connectivity index (χ2v) is 9.62. The van der Waals surface area contributed by atoms with Crippen LogP contribution in [0, 0.1) is 12.7 Å². The van der Waals surface area contributed by atoms with Crippen LogP contribution in [0.1, 0.15) is 34.3 Å². The number of nitrogens with one attached hydrogen (secondary N) is 1. The minimum Gasteiger partial charge on any atom is -0.367 e. The van der Waals surface area contributed by atoms with E-state index in [1.54, 1.807) is 30.3 Å². The van der Waals surface area contributed by atoms with Crippen LogP contribution < -0.4 is 10.2 Å². The molecule has 0 aliphatic carbocycles. The van der Waals surface area contributed by atoms with Crippen LogP contribution in [0.5, 0.6) is 0 Å². The fourth-order valence-electron chi connectivity index (χ4n) is 3.55. The predicted molar refractivity (Wildman–Crippen MR) is 109 cm³/mol. The molecule has 1 fully saturated rings. The van der Waals surface area contributed by atoms with Crippen molar-refractivity contribution in [1.82, 2.24) is 5.32 Å². The summed E-state index contributed by atoms with van der Waals surface area (Å²) in [7, 11) is -3.17. The van der Waals surface area contributed by atoms with E-state index in [0.29, 0.717) is 23.4 Å². The summed E-state index contributed by atoms with van der Waals surface area (Å²) in [6, 6.07) is 11.6. The summed E-state index contributed by atoms with van der Waals surface area (Å²) in [5, 5.41) is 3.01. The maximum Gasteiger partial charge on any atom is 0.251 e. The number of halogens is 1. The average molecular weight is 405 g/mol. The zero-order chi connectivity index (χ0) is 20.3. The average Bonchev–Trinajstić information content (AvgIpc) is 2.63. The molecule has 150 valence electrons. The number of carbonyl (C=O) groups is 1. The SMILES string of the molecule is Cc1ccc(F)c(N2CCCC(NC(=O)c3cccc(CS(C)(=O)=O)c3)C2)c1. The normalized spacial score (nSPS) is 17.4. The van der Waals surface area contributed by atoms with E-state index in [9.17, 15) is 17.6 Å². The highest BCUT2D eigenvalue weighted by molar-refractivity contribution is 7.89. The first kappa shape index (κ1) is 20.3. The standard InChI is InChI=1S/C21H25FN2O3S/c1-15-8-9-19(22)20(11-15)24-10-4-7-18(13-24)23-21(25)17-6-3-5-16(12-17)14-28(2,26)27/h3,5-6,8-9,11-12,18H,4,7,10,13-14H2,1-2H3,(H,23,25). The van der Waals surface area contributed by atoms with E-state index in [-0.39, 0.29) is 23.5 Å². The molecule has 1 aliphatic rings. The number of hydrogen-bond acceptors (Lipinski definition) is 4. The van der Waals surface area contributed by atoms with Crippen LogP contribution in [0.25, 0.3) is 0 Å². The minimum atomic E-state index is -3.17. The summed E-state index contributed by atoms with van der Waals surface area (Å²) in [5.41, 5.74) is 2.57. The molecule has 1 amide bonds. The highest BCUT2D eigenvalue weighted by atomic mass is 32.2. The Bertz CT molecular complexity index is 975. The van der Waals surface area contributed by atoms with E-state index >= 15 is 0 Å². The molecule has 28 heavy (non-hydrogen) atoms. The van der Waals surface area contributed by atoms with Crippen LogP contribution >= 0.6 is 0 Å². The highest BCUT2D eigenvalue weighted by Gasteiger charge is 2.24. The minimum absolute atomic E-state index is 0.0975. The number of carbonyl (C=O) groups excluding carboxylic acids is 1. The van der Waals surface area contributed by atoms with Gasteiger partial charge in [-0.3, -0.25) is 4.79 Å². The number of aryl methyl sites for hydroxylation is 1. The predicted octanol–water partition coefficient (Wildman–Crippen LogP) is 3.08. The third kappa shape index (κ3) is 5.32. The van der Waals surface area contributed by atoms with Crippen molar-refractivity contribution in [3.8, 4) is 0 Å². The van der Waals surface area contributed by atoms with Gasteiger partial charge in [-0.15, -0.1) is 0 Å². The molecule has 0 bridgehead atoms. The molecular weight excluding hydrogens is 379 g/mol. The number of hydrogen-bond donors (Lipinski definition) is 1. The second-order valence-electron chi connectivity index (χ2n) is 7.48. The van der Waals surface area contributed by atoms with Gasteiger partial charge in [0.1, 0.15) is 5.82 Å². The fraction of sp³-hybridized carbons (Fsp3) is 0.381. The molecule has 7 heteroatoms. The van der Waals surface area contributed by atoms with Crippen molar-refractivity contribution in [2.75, 3.05) is 24.2 Å². The number of anilines is 1. The van der Waals surface area contributed by atoms with Crippen molar-refractivity contribution in [3.63, 3.8) is 0 Å². The first-order chi connectivity index (χ1) is 13.2. The van der Waals surface area contributed by atoms with Crippen LogP contribution in [-0.2, 0) is 15.6 Å². The van der Waals surface area contributed by atoms with E-state index in [4.69, 9.17) is 0 Å². The molecule has 0 saturated carbocycles. The Kier molecular flexibility index (Phi) is 6.03. The summed E-state index contributed by atoms with van der Waals surface area (Å²) in [6.45, 7) is 3.21. The Hall–Kier alpha value is -2.41. The van der Waals surface area contributed by atoms with Crippen LogP contribution in [0.3, 0.4) is 0 Å². The summed E-state index contributed by atoms with van der Waals surface area (Å²) >= 11 is 0. The molecule has 0 spiro atoms. The van der Waals surface area contributed by atoms with Crippen molar-refractivity contribution >= 4 is 21.4 Å². The van der Waals surface area contributed by atoms with Gasteiger partial charge in [0, 0.05) is 31.0 Å². The van der Waals surface area contributed by atoms with Crippen molar-refractivity contribution in [2.24, 2.45) is 0 Å². The molecule has 1 heterocycles. The number of rotatable bonds is 5. The van der Waals surface area contributed by atoms with Gasteiger partial charge < -0.3 is 10.2 Å². The van der Waals surface area contributed by atoms with Gasteiger partial charge in [-0.2, -0.15) is 0 Å². The van der Waals surface area contributed by atoms with Crippen LogP contribution in [0.2, 0.25) is 0 Å². The number of benzene rings is 2. The molecule has 1 saturated heterocycles. The Morgan fingerprint density at radius 2 is 2.04 bits per heavy atom. The lowest BCUT2D eigenvalue weighted by atomic mass is 10.0. The smallest absolute Gasteiger partial charge is 0.251 e. The van der Waals surface area contributed by atoms with E-state index in [2.05, 4.69) is 5.32 Å². The summed E-state index contributed by atoms with van der Waals surface area (Å²) in [4.78, 5) is 14.6. The lowest BCUT2D eigenvalue weighted by molar-refractivity contribution is 0.0933.